The summed E-state index contributed by atoms with van der Waals surface area (Å²) in [5, 5.41) is 1.40. The number of aryl methyl sites for hydroxylation is 2. The fourth-order valence-electron chi connectivity index (χ4n) is 2.79. The van der Waals surface area contributed by atoms with Gasteiger partial charge in [-0.1, -0.05) is 17.8 Å². The Bertz CT molecular complexity index is 805. The van der Waals surface area contributed by atoms with Gasteiger partial charge in [-0.25, -0.2) is 4.98 Å². The lowest BCUT2D eigenvalue weighted by atomic mass is 9.97. The van der Waals surface area contributed by atoms with Gasteiger partial charge < -0.3 is 0 Å². The van der Waals surface area contributed by atoms with Crippen LogP contribution in [0.5, 0.6) is 0 Å². The average Bonchev–Trinajstić information content (AvgIpc) is 2.86. The Balaban J connectivity index is 2.18. The van der Waals surface area contributed by atoms with Gasteiger partial charge in [-0.3, -0.25) is 14.2 Å². The smallest absolute Gasteiger partial charge is 0.263 e. The molecular weight excluding hydrogens is 316 g/mol. The Labute approximate surface area is 137 Å². The number of carbonyl (C=O) groups is 1. The van der Waals surface area contributed by atoms with E-state index in [4.69, 9.17) is 0 Å². The minimum absolute atomic E-state index is 0.00959. The van der Waals surface area contributed by atoms with Crippen molar-refractivity contribution >= 4 is 39.1 Å². The van der Waals surface area contributed by atoms with Crippen molar-refractivity contribution < 1.29 is 4.79 Å². The largest absolute Gasteiger partial charge is 0.299 e. The molecule has 4 nitrogen and oxygen atoms in total. The Hall–Kier alpha value is -1.40. The SMILES string of the molecule is C=CCn1c(SCC(C)=O)nc2sc3c(c2c1=O)CCCC3. The van der Waals surface area contributed by atoms with Crippen LogP contribution in [-0.4, -0.2) is 21.1 Å². The first kappa shape index (κ1) is 15.5. The van der Waals surface area contributed by atoms with Gasteiger partial charge in [-0.2, -0.15) is 0 Å². The first-order chi connectivity index (χ1) is 10.6. The van der Waals surface area contributed by atoms with E-state index in [0.717, 1.165) is 29.5 Å². The molecule has 0 unspecified atom stereocenters. The van der Waals surface area contributed by atoms with E-state index in [1.54, 1.807) is 28.9 Å². The molecule has 0 saturated carbocycles. The predicted octanol–water partition coefficient (Wildman–Crippen LogP) is 3.20. The minimum Gasteiger partial charge on any atom is -0.299 e. The Morgan fingerprint density at radius 3 is 2.95 bits per heavy atom. The lowest BCUT2D eigenvalue weighted by Crippen LogP contribution is -2.23. The summed E-state index contributed by atoms with van der Waals surface area (Å²) in [6.07, 6.45) is 6.05. The average molecular weight is 334 g/mol. The lowest BCUT2D eigenvalue weighted by Gasteiger charge is -2.12. The highest BCUT2D eigenvalue weighted by Crippen LogP contribution is 2.34. The van der Waals surface area contributed by atoms with Crippen molar-refractivity contribution in [3.05, 3.63) is 33.4 Å². The first-order valence-corrected chi connectivity index (χ1v) is 9.20. The number of rotatable bonds is 5. The summed E-state index contributed by atoms with van der Waals surface area (Å²) in [5.74, 6) is 0.412. The van der Waals surface area contributed by atoms with Crippen molar-refractivity contribution in [3.63, 3.8) is 0 Å². The molecule has 0 saturated heterocycles. The maximum atomic E-state index is 12.9. The Kier molecular flexibility index (Phi) is 4.49. The van der Waals surface area contributed by atoms with Crippen LogP contribution in [0.1, 0.15) is 30.2 Å². The van der Waals surface area contributed by atoms with Crippen LogP contribution in [-0.2, 0) is 24.2 Å². The Morgan fingerprint density at radius 1 is 1.45 bits per heavy atom. The summed E-state index contributed by atoms with van der Waals surface area (Å²) in [6, 6.07) is 0. The number of hydrogen-bond acceptors (Lipinski definition) is 5. The fraction of sp³-hybridized carbons (Fsp3) is 0.438. The van der Waals surface area contributed by atoms with Gasteiger partial charge in [0.15, 0.2) is 5.16 Å². The molecule has 1 aliphatic rings. The van der Waals surface area contributed by atoms with Gasteiger partial charge in [-0.05, 0) is 38.2 Å². The van der Waals surface area contributed by atoms with Crippen LogP contribution >= 0.6 is 23.1 Å². The molecule has 0 aliphatic heterocycles. The number of thioether (sulfide) groups is 1. The van der Waals surface area contributed by atoms with E-state index >= 15 is 0 Å². The zero-order valence-corrected chi connectivity index (χ0v) is 14.2. The summed E-state index contributed by atoms with van der Waals surface area (Å²) in [7, 11) is 0. The van der Waals surface area contributed by atoms with Gasteiger partial charge in [0.05, 0.1) is 11.1 Å². The van der Waals surface area contributed by atoms with Gasteiger partial charge in [-0.15, -0.1) is 17.9 Å². The van der Waals surface area contributed by atoms with E-state index < -0.39 is 0 Å². The molecule has 6 heteroatoms. The maximum Gasteiger partial charge on any atom is 0.263 e. The molecule has 0 bridgehead atoms. The molecule has 2 heterocycles. The maximum absolute atomic E-state index is 12.9. The second kappa shape index (κ2) is 6.38. The number of allylic oxidation sites excluding steroid dienone is 1. The molecule has 0 radical (unpaired) electrons. The number of thiophene rings is 1. The summed E-state index contributed by atoms with van der Waals surface area (Å²) in [4.78, 5) is 30.9. The number of ketones is 1. The van der Waals surface area contributed by atoms with Crippen LogP contribution in [0.2, 0.25) is 0 Å². The highest BCUT2D eigenvalue weighted by molar-refractivity contribution is 7.99. The highest BCUT2D eigenvalue weighted by Gasteiger charge is 2.21. The molecule has 22 heavy (non-hydrogen) atoms. The number of carbonyl (C=O) groups excluding carboxylic acids is 1. The van der Waals surface area contributed by atoms with Gasteiger partial charge >= 0.3 is 0 Å². The summed E-state index contributed by atoms with van der Waals surface area (Å²) in [5.41, 5.74) is 1.21. The molecule has 0 aromatic carbocycles. The summed E-state index contributed by atoms with van der Waals surface area (Å²) in [6.45, 7) is 5.70. The molecule has 3 rings (SSSR count). The number of aromatic nitrogens is 2. The minimum atomic E-state index is 0.00959. The third-order valence-corrected chi connectivity index (χ3v) is 6.06. The monoisotopic (exact) mass is 334 g/mol. The molecule has 2 aromatic heterocycles. The topological polar surface area (TPSA) is 52.0 Å². The zero-order valence-electron chi connectivity index (χ0n) is 12.6. The van der Waals surface area contributed by atoms with Crippen molar-refractivity contribution in [2.75, 3.05) is 5.75 Å². The lowest BCUT2D eigenvalue weighted by molar-refractivity contribution is -0.114. The molecule has 2 aromatic rings. The standard InChI is InChI=1S/C16H18N2O2S2/c1-3-8-18-15(20)13-11-6-4-5-7-12(11)22-14(13)17-16(18)21-9-10(2)19/h3H,1,4-9H2,2H3. The van der Waals surface area contributed by atoms with Gasteiger partial charge in [0.2, 0.25) is 0 Å². The summed E-state index contributed by atoms with van der Waals surface area (Å²) >= 11 is 2.97. The number of nitrogens with zero attached hydrogens (tertiary/aromatic N) is 2. The zero-order chi connectivity index (χ0) is 15.7. The van der Waals surface area contributed by atoms with Gasteiger partial charge in [0.1, 0.15) is 10.6 Å². The number of fused-ring (bicyclic) bond motifs is 3. The fourth-order valence-corrected chi connectivity index (χ4v) is 4.90. The molecule has 0 spiro atoms. The van der Waals surface area contributed by atoms with Crippen molar-refractivity contribution in [3.8, 4) is 0 Å². The van der Waals surface area contributed by atoms with E-state index in [0.29, 0.717) is 17.5 Å². The van der Waals surface area contributed by atoms with Crippen molar-refractivity contribution in [1.82, 2.24) is 9.55 Å². The summed E-state index contributed by atoms with van der Waals surface area (Å²) < 4.78 is 1.64. The van der Waals surface area contributed by atoms with Crippen molar-refractivity contribution in [2.24, 2.45) is 0 Å². The van der Waals surface area contributed by atoms with Crippen LogP contribution in [0.25, 0.3) is 10.2 Å². The third-order valence-electron chi connectivity index (χ3n) is 3.76. The van der Waals surface area contributed by atoms with E-state index in [2.05, 4.69) is 11.6 Å². The second-order valence-corrected chi connectivity index (χ2v) is 7.51. The third kappa shape index (κ3) is 2.77. The second-order valence-electron chi connectivity index (χ2n) is 5.48. The molecule has 0 amide bonds. The Morgan fingerprint density at radius 2 is 2.23 bits per heavy atom. The molecule has 0 fully saturated rings. The number of hydrogen-bond donors (Lipinski definition) is 0. The van der Waals surface area contributed by atoms with Crippen LogP contribution in [0.15, 0.2) is 22.6 Å². The quantitative estimate of drug-likeness (QED) is 0.479. The van der Waals surface area contributed by atoms with Crippen LogP contribution in [0.3, 0.4) is 0 Å². The van der Waals surface area contributed by atoms with E-state index in [-0.39, 0.29) is 11.3 Å². The van der Waals surface area contributed by atoms with Crippen LogP contribution in [0, 0.1) is 0 Å². The highest BCUT2D eigenvalue weighted by atomic mass is 32.2. The van der Waals surface area contributed by atoms with Gasteiger partial charge in [0.25, 0.3) is 5.56 Å². The van der Waals surface area contributed by atoms with Crippen molar-refractivity contribution in [2.45, 2.75) is 44.3 Å². The van der Waals surface area contributed by atoms with E-state index in [9.17, 15) is 9.59 Å². The normalized spacial score (nSPS) is 14.0. The first-order valence-electron chi connectivity index (χ1n) is 7.40. The van der Waals surface area contributed by atoms with Gasteiger partial charge in [0, 0.05) is 11.4 Å². The molecule has 0 N–H and O–H groups in total. The van der Waals surface area contributed by atoms with E-state index in [1.807, 2.05) is 0 Å². The van der Waals surface area contributed by atoms with Crippen molar-refractivity contribution in [1.29, 1.82) is 0 Å². The van der Waals surface area contributed by atoms with E-state index in [1.165, 1.54) is 28.6 Å². The van der Waals surface area contributed by atoms with Crippen LogP contribution in [0.4, 0.5) is 0 Å². The molecule has 0 atom stereocenters. The predicted molar refractivity (Wildman–Crippen MR) is 92.1 cm³/mol. The number of Topliss-reactive ketones (excluding diaryl/α,β-unsaturated/α-hetero) is 1. The molecule has 1 aliphatic carbocycles. The molecule has 116 valence electrons. The molecular formula is C16H18N2O2S2. The van der Waals surface area contributed by atoms with Crippen LogP contribution < -0.4 is 5.56 Å².